The Kier molecular flexibility index (Phi) is 6.78. The fraction of sp³-hybridized carbons (Fsp3) is 0.588. The molecule has 1 aromatic rings. The second kappa shape index (κ2) is 8.82. The molecule has 0 spiro atoms. The Bertz CT molecular complexity index is 573. The van der Waals surface area contributed by atoms with Crippen LogP contribution in [-0.4, -0.2) is 61.4 Å². The third kappa shape index (κ3) is 4.80. The van der Waals surface area contributed by atoms with E-state index in [1.54, 1.807) is 16.8 Å². The third-order valence-electron chi connectivity index (χ3n) is 4.27. The molecular formula is C17H24N2O4S. The lowest BCUT2D eigenvalue weighted by atomic mass is 9.96. The molecule has 1 saturated heterocycles. The Hall–Kier alpha value is -1.89. The van der Waals surface area contributed by atoms with Gasteiger partial charge in [0.2, 0.25) is 5.91 Å². The number of hydrogen-bond acceptors (Lipinski definition) is 5. The molecule has 1 atom stereocenters. The van der Waals surface area contributed by atoms with E-state index in [1.807, 2.05) is 17.5 Å². The average Bonchev–Trinajstić information content (AvgIpc) is 3.14. The molecule has 1 aliphatic heterocycles. The van der Waals surface area contributed by atoms with Crippen molar-refractivity contribution in [2.24, 2.45) is 5.92 Å². The number of methoxy groups -OCH3 is 1. The zero-order valence-corrected chi connectivity index (χ0v) is 15.0. The molecule has 24 heavy (non-hydrogen) atoms. The fourth-order valence-corrected chi connectivity index (χ4v) is 3.59. The molecule has 6 nitrogen and oxygen atoms in total. The first kappa shape index (κ1) is 18.4. The van der Waals surface area contributed by atoms with E-state index in [9.17, 15) is 14.4 Å². The van der Waals surface area contributed by atoms with Crippen LogP contribution in [0.5, 0.6) is 0 Å². The van der Waals surface area contributed by atoms with Gasteiger partial charge in [0.1, 0.15) is 0 Å². The lowest BCUT2D eigenvalue weighted by molar-refractivity contribution is -0.141. The van der Waals surface area contributed by atoms with E-state index in [4.69, 9.17) is 0 Å². The first-order chi connectivity index (χ1) is 11.5. The van der Waals surface area contributed by atoms with Crippen molar-refractivity contribution in [2.45, 2.75) is 25.7 Å². The Morgan fingerprint density at radius 3 is 2.88 bits per heavy atom. The van der Waals surface area contributed by atoms with Gasteiger partial charge < -0.3 is 14.5 Å². The molecule has 0 bridgehead atoms. The van der Waals surface area contributed by atoms with Crippen LogP contribution in [0, 0.1) is 5.92 Å². The van der Waals surface area contributed by atoms with E-state index in [0.717, 1.165) is 17.7 Å². The van der Waals surface area contributed by atoms with Crippen LogP contribution >= 0.6 is 11.3 Å². The lowest BCUT2D eigenvalue weighted by Crippen LogP contribution is -2.46. The van der Waals surface area contributed by atoms with Crippen LogP contribution < -0.4 is 0 Å². The van der Waals surface area contributed by atoms with Gasteiger partial charge in [-0.2, -0.15) is 0 Å². The number of carbonyl (C=O) groups excluding carboxylic acids is 3. The third-order valence-corrected chi connectivity index (χ3v) is 5.13. The van der Waals surface area contributed by atoms with Crippen molar-refractivity contribution in [3.8, 4) is 0 Å². The van der Waals surface area contributed by atoms with Crippen molar-refractivity contribution >= 4 is 29.1 Å². The topological polar surface area (TPSA) is 66.9 Å². The molecule has 0 radical (unpaired) electrons. The van der Waals surface area contributed by atoms with E-state index in [2.05, 4.69) is 4.74 Å². The number of hydrogen-bond donors (Lipinski definition) is 0. The number of likely N-dealkylation sites (tertiary alicyclic amines) is 1. The normalized spacial score (nSPS) is 17.4. The highest BCUT2D eigenvalue weighted by molar-refractivity contribution is 7.12. The van der Waals surface area contributed by atoms with Gasteiger partial charge in [-0.15, -0.1) is 11.3 Å². The van der Waals surface area contributed by atoms with Gasteiger partial charge >= 0.3 is 5.97 Å². The molecular weight excluding hydrogens is 328 g/mol. The summed E-state index contributed by atoms with van der Waals surface area (Å²) in [6.45, 7) is 1.69. The van der Waals surface area contributed by atoms with Gasteiger partial charge in [0.25, 0.3) is 5.91 Å². The summed E-state index contributed by atoms with van der Waals surface area (Å²) in [5, 5.41) is 1.88. The predicted molar refractivity (Wildman–Crippen MR) is 91.8 cm³/mol. The summed E-state index contributed by atoms with van der Waals surface area (Å²) in [5.41, 5.74) is 0. The van der Waals surface area contributed by atoms with Gasteiger partial charge in [-0.25, -0.2) is 0 Å². The van der Waals surface area contributed by atoms with Crippen molar-refractivity contribution in [1.29, 1.82) is 0 Å². The highest BCUT2D eigenvalue weighted by atomic mass is 32.1. The number of nitrogens with zero attached hydrogens (tertiary/aromatic N) is 2. The highest BCUT2D eigenvalue weighted by Gasteiger charge is 2.30. The number of amides is 2. The molecule has 7 heteroatoms. The largest absolute Gasteiger partial charge is 0.469 e. The summed E-state index contributed by atoms with van der Waals surface area (Å²) in [7, 11) is 3.11. The molecule has 0 N–H and O–H groups in total. The molecule has 2 rings (SSSR count). The second-order valence-corrected chi connectivity index (χ2v) is 6.95. The Morgan fingerprint density at radius 2 is 2.21 bits per heavy atom. The van der Waals surface area contributed by atoms with E-state index in [0.29, 0.717) is 32.5 Å². The van der Waals surface area contributed by atoms with Crippen LogP contribution in [0.1, 0.15) is 35.4 Å². The molecule has 2 amide bonds. The van der Waals surface area contributed by atoms with Gasteiger partial charge in [-0.1, -0.05) is 6.07 Å². The highest BCUT2D eigenvalue weighted by Crippen LogP contribution is 2.22. The van der Waals surface area contributed by atoms with E-state index < -0.39 is 0 Å². The monoisotopic (exact) mass is 352 g/mol. The van der Waals surface area contributed by atoms with Crippen LogP contribution in [0.2, 0.25) is 0 Å². The standard InChI is InChI=1S/C17H24N2O4S/c1-18(9-4-8-15(20)23-2)16(21)13-6-3-10-19(12-13)17(22)14-7-5-11-24-14/h5,7,11,13H,3-4,6,8-10,12H2,1-2H3. The number of carbonyl (C=O) groups is 3. The van der Waals surface area contributed by atoms with Gasteiger partial charge in [0.05, 0.1) is 17.9 Å². The van der Waals surface area contributed by atoms with Crippen molar-refractivity contribution < 1.29 is 19.1 Å². The van der Waals surface area contributed by atoms with Crippen molar-refractivity contribution in [2.75, 3.05) is 33.8 Å². The zero-order valence-electron chi connectivity index (χ0n) is 14.2. The van der Waals surface area contributed by atoms with Crippen molar-refractivity contribution in [3.63, 3.8) is 0 Å². The number of rotatable bonds is 6. The van der Waals surface area contributed by atoms with Crippen LogP contribution in [0.15, 0.2) is 17.5 Å². The second-order valence-electron chi connectivity index (χ2n) is 6.01. The molecule has 1 aromatic heterocycles. The summed E-state index contributed by atoms with van der Waals surface area (Å²) in [5.74, 6) is -0.369. The molecule has 1 aliphatic rings. The molecule has 0 aliphatic carbocycles. The minimum Gasteiger partial charge on any atom is -0.469 e. The summed E-state index contributed by atoms with van der Waals surface area (Å²) in [6.07, 6.45) is 2.53. The average molecular weight is 352 g/mol. The smallest absolute Gasteiger partial charge is 0.305 e. The molecule has 0 saturated carbocycles. The van der Waals surface area contributed by atoms with E-state index in [1.165, 1.54) is 18.4 Å². The molecule has 1 fully saturated rings. The van der Waals surface area contributed by atoms with Crippen LogP contribution in [0.25, 0.3) is 0 Å². The lowest BCUT2D eigenvalue weighted by Gasteiger charge is -2.33. The predicted octanol–water partition coefficient (Wildman–Crippen LogP) is 2.01. The Labute approximate surface area is 146 Å². The number of thiophene rings is 1. The maximum absolute atomic E-state index is 12.6. The molecule has 132 valence electrons. The number of esters is 1. The zero-order chi connectivity index (χ0) is 17.5. The summed E-state index contributed by atoms with van der Waals surface area (Å²) in [4.78, 5) is 40.3. The minimum atomic E-state index is -0.263. The maximum Gasteiger partial charge on any atom is 0.305 e. The molecule has 0 aromatic carbocycles. The summed E-state index contributed by atoms with van der Waals surface area (Å²) < 4.78 is 4.60. The van der Waals surface area contributed by atoms with Crippen molar-refractivity contribution in [1.82, 2.24) is 9.80 Å². The molecule has 2 heterocycles. The minimum absolute atomic E-state index is 0.0100. The Balaban J connectivity index is 1.85. The quantitative estimate of drug-likeness (QED) is 0.735. The van der Waals surface area contributed by atoms with Crippen LogP contribution in [0.3, 0.4) is 0 Å². The van der Waals surface area contributed by atoms with E-state index in [-0.39, 0.29) is 23.7 Å². The van der Waals surface area contributed by atoms with Crippen LogP contribution in [-0.2, 0) is 14.3 Å². The van der Waals surface area contributed by atoms with Crippen LogP contribution in [0.4, 0.5) is 0 Å². The molecule has 1 unspecified atom stereocenters. The first-order valence-corrected chi connectivity index (χ1v) is 9.05. The van der Waals surface area contributed by atoms with Gasteiger partial charge in [0, 0.05) is 33.1 Å². The number of piperidine rings is 1. The van der Waals surface area contributed by atoms with E-state index >= 15 is 0 Å². The maximum atomic E-state index is 12.6. The Morgan fingerprint density at radius 1 is 1.42 bits per heavy atom. The van der Waals surface area contributed by atoms with Gasteiger partial charge in [-0.3, -0.25) is 14.4 Å². The van der Waals surface area contributed by atoms with Gasteiger partial charge in [0.15, 0.2) is 0 Å². The summed E-state index contributed by atoms with van der Waals surface area (Å²) in [6, 6.07) is 3.68. The SMILES string of the molecule is COC(=O)CCCN(C)C(=O)C1CCCN(C(=O)c2cccs2)C1. The summed E-state index contributed by atoms with van der Waals surface area (Å²) >= 11 is 1.43. The van der Waals surface area contributed by atoms with Crippen molar-refractivity contribution in [3.05, 3.63) is 22.4 Å². The fourth-order valence-electron chi connectivity index (χ4n) is 2.90. The first-order valence-electron chi connectivity index (χ1n) is 8.17. The van der Waals surface area contributed by atoms with Gasteiger partial charge in [-0.05, 0) is 30.7 Å². The number of ether oxygens (including phenoxy) is 1.